The SMILES string of the molecule is CCOc1cc(/C=C2\SC(=Nc3ccccc3C)N(c3ccccc3C)C2=O)ccc1O. The third-order valence-corrected chi connectivity index (χ3v) is 6.04. The van der Waals surface area contributed by atoms with Gasteiger partial charge < -0.3 is 9.84 Å². The summed E-state index contributed by atoms with van der Waals surface area (Å²) in [5, 5.41) is 10.6. The van der Waals surface area contributed by atoms with Gasteiger partial charge in [0.1, 0.15) is 0 Å². The highest BCUT2D eigenvalue weighted by Crippen LogP contribution is 2.39. The van der Waals surface area contributed by atoms with E-state index < -0.39 is 0 Å². The fourth-order valence-corrected chi connectivity index (χ4v) is 4.40. The minimum atomic E-state index is -0.136. The lowest BCUT2D eigenvalue weighted by atomic mass is 10.1. The van der Waals surface area contributed by atoms with Gasteiger partial charge >= 0.3 is 0 Å². The van der Waals surface area contributed by atoms with Crippen LogP contribution in [0, 0.1) is 13.8 Å². The summed E-state index contributed by atoms with van der Waals surface area (Å²) in [5.74, 6) is 0.326. The molecule has 162 valence electrons. The lowest BCUT2D eigenvalue weighted by Crippen LogP contribution is -2.29. The van der Waals surface area contributed by atoms with Crippen molar-refractivity contribution >= 4 is 40.3 Å². The van der Waals surface area contributed by atoms with Crippen LogP contribution < -0.4 is 9.64 Å². The summed E-state index contributed by atoms with van der Waals surface area (Å²) in [5.41, 5.74) is 4.43. The summed E-state index contributed by atoms with van der Waals surface area (Å²) in [6.07, 6.45) is 1.81. The molecule has 0 aliphatic carbocycles. The number of hydrogen-bond donors (Lipinski definition) is 1. The van der Waals surface area contributed by atoms with Crippen LogP contribution in [-0.4, -0.2) is 22.8 Å². The smallest absolute Gasteiger partial charge is 0.271 e. The zero-order valence-corrected chi connectivity index (χ0v) is 19.0. The summed E-state index contributed by atoms with van der Waals surface area (Å²) in [4.78, 5) is 20.6. The van der Waals surface area contributed by atoms with Crippen molar-refractivity contribution in [1.29, 1.82) is 0 Å². The lowest BCUT2D eigenvalue weighted by Gasteiger charge is -2.18. The number of ether oxygens (including phenoxy) is 1. The highest BCUT2D eigenvalue weighted by Gasteiger charge is 2.35. The second-order valence-corrected chi connectivity index (χ2v) is 8.39. The molecule has 0 radical (unpaired) electrons. The number of amides is 1. The number of aliphatic imine (C=N–C) groups is 1. The molecule has 3 aromatic rings. The van der Waals surface area contributed by atoms with Crippen LogP contribution in [0.1, 0.15) is 23.6 Å². The molecule has 1 saturated heterocycles. The summed E-state index contributed by atoms with van der Waals surface area (Å²) in [7, 11) is 0. The number of para-hydroxylation sites is 2. The number of aryl methyl sites for hydroxylation is 2. The van der Waals surface area contributed by atoms with Crippen LogP contribution >= 0.6 is 11.8 Å². The van der Waals surface area contributed by atoms with Crippen molar-refractivity contribution in [2.75, 3.05) is 11.5 Å². The Kier molecular flexibility index (Phi) is 6.32. The first-order chi connectivity index (χ1) is 15.5. The van der Waals surface area contributed by atoms with E-state index in [9.17, 15) is 9.90 Å². The predicted molar refractivity (Wildman–Crippen MR) is 132 cm³/mol. The molecule has 0 unspecified atom stereocenters. The predicted octanol–water partition coefficient (Wildman–Crippen LogP) is 6.22. The molecular weight excluding hydrogens is 420 g/mol. The van der Waals surface area contributed by atoms with Crippen molar-refractivity contribution in [1.82, 2.24) is 0 Å². The molecule has 1 aliphatic heterocycles. The maximum absolute atomic E-state index is 13.5. The first-order valence-electron chi connectivity index (χ1n) is 10.4. The topological polar surface area (TPSA) is 62.1 Å². The molecule has 32 heavy (non-hydrogen) atoms. The molecule has 1 N–H and O–H groups in total. The molecule has 6 heteroatoms. The molecule has 3 aromatic carbocycles. The molecule has 5 nitrogen and oxygen atoms in total. The van der Waals surface area contributed by atoms with Gasteiger partial charge in [0, 0.05) is 0 Å². The van der Waals surface area contributed by atoms with Gasteiger partial charge in [0.05, 0.1) is 22.9 Å². The molecule has 0 atom stereocenters. The average molecular weight is 445 g/mol. The van der Waals surface area contributed by atoms with E-state index in [-0.39, 0.29) is 11.7 Å². The largest absolute Gasteiger partial charge is 0.504 e. The summed E-state index contributed by atoms with van der Waals surface area (Å²) in [6, 6.07) is 20.7. The molecule has 0 saturated carbocycles. The Morgan fingerprint density at radius 2 is 1.75 bits per heavy atom. The fraction of sp³-hybridized carbons (Fsp3) is 0.154. The number of carbonyl (C=O) groups excluding carboxylic acids is 1. The molecule has 0 spiro atoms. The number of carbonyl (C=O) groups is 1. The number of thioether (sulfide) groups is 1. The first kappa shape index (κ1) is 21.7. The Labute approximate surface area is 192 Å². The molecule has 0 aromatic heterocycles. The Bertz CT molecular complexity index is 1230. The Balaban J connectivity index is 1.79. The van der Waals surface area contributed by atoms with Crippen molar-refractivity contribution in [2.45, 2.75) is 20.8 Å². The number of benzene rings is 3. The summed E-state index contributed by atoms with van der Waals surface area (Å²) < 4.78 is 5.48. The van der Waals surface area contributed by atoms with E-state index in [1.54, 1.807) is 29.2 Å². The van der Waals surface area contributed by atoms with Crippen molar-refractivity contribution in [3.05, 3.63) is 88.3 Å². The van der Waals surface area contributed by atoms with Crippen molar-refractivity contribution in [2.24, 2.45) is 4.99 Å². The van der Waals surface area contributed by atoms with Gasteiger partial charge in [-0.15, -0.1) is 0 Å². The Morgan fingerprint density at radius 3 is 2.47 bits per heavy atom. The molecule has 1 aliphatic rings. The van der Waals surface area contributed by atoms with Gasteiger partial charge in [-0.1, -0.05) is 42.5 Å². The number of phenolic OH excluding ortho intramolecular Hbond substituents is 1. The minimum absolute atomic E-state index is 0.0720. The fourth-order valence-electron chi connectivity index (χ4n) is 3.41. The van der Waals surface area contributed by atoms with Gasteiger partial charge in [0.25, 0.3) is 5.91 Å². The quantitative estimate of drug-likeness (QED) is 0.475. The third kappa shape index (κ3) is 4.41. The van der Waals surface area contributed by atoms with Crippen molar-refractivity contribution in [3.63, 3.8) is 0 Å². The zero-order valence-electron chi connectivity index (χ0n) is 18.2. The maximum atomic E-state index is 13.5. The summed E-state index contributed by atoms with van der Waals surface area (Å²) in [6.45, 7) is 6.28. The van der Waals surface area contributed by atoms with Gasteiger partial charge in [0.15, 0.2) is 16.7 Å². The second kappa shape index (κ2) is 9.32. The minimum Gasteiger partial charge on any atom is -0.504 e. The van der Waals surface area contributed by atoms with E-state index in [1.807, 2.05) is 69.3 Å². The third-order valence-electron chi connectivity index (χ3n) is 5.08. The standard InChI is InChI=1S/C26H24N2O3S/c1-4-31-23-15-19(13-14-22(23)29)16-24-25(30)28(21-12-8-6-10-18(21)3)26(32-24)27-20-11-7-5-9-17(20)2/h5-16,29H,4H2,1-3H3/b24-16-,27-26?. The molecule has 4 rings (SSSR count). The first-order valence-corrected chi connectivity index (χ1v) is 11.2. The average Bonchev–Trinajstić information content (AvgIpc) is 3.07. The maximum Gasteiger partial charge on any atom is 0.271 e. The zero-order chi connectivity index (χ0) is 22.7. The molecule has 0 bridgehead atoms. The van der Waals surface area contributed by atoms with Gasteiger partial charge in [-0.25, -0.2) is 4.99 Å². The lowest BCUT2D eigenvalue weighted by molar-refractivity contribution is -0.113. The molecule has 1 amide bonds. The van der Waals surface area contributed by atoms with Crippen molar-refractivity contribution < 1.29 is 14.6 Å². The summed E-state index contributed by atoms with van der Waals surface area (Å²) >= 11 is 1.34. The van der Waals surface area contributed by atoms with E-state index in [4.69, 9.17) is 9.73 Å². The number of rotatable bonds is 5. The highest BCUT2D eigenvalue weighted by atomic mass is 32.2. The van der Waals surface area contributed by atoms with Gasteiger partial charge in [0.2, 0.25) is 0 Å². The number of phenols is 1. The molecule has 1 heterocycles. The van der Waals surface area contributed by atoms with Crippen LogP contribution in [0.2, 0.25) is 0 Å². The van der Waals surface area contributed by atoms with Crippen LogP contribution in [-0.2, 0) is 4.79 Å². The Morgan fingerprint density at radius 1 is 1.03 bits per heavy atom. The number of amidine groups is 1. The van der Waals surface area contributed by atoms with Crippen LogP contribution in [0.4, 0.5) is 11.4 Å². The van der Waals surface area contributed by atoms with Crippen molar-refractivity contribution in [3.8, 4) is 11.5 Å². The molecular formula is C26H24N2O3S. The number of hydrogen-bond acceptors (Lipinski definition) is 5. The van der Waals surface area contributed by atoms with Crippen LogP contribution in [0.3, 0.4) is 0 Å². The molecule has 1 fully saturated rings. The second-order valence-electron chi connectivity index (χ2n) is 7.38. The van der Waals surface area contributed by atoms with Gasteiger partial charge in [-0.2, -0.15) is 0 Å². The number of aromatic hydroxyl groups is 1. The Hall–Kier alpha value is -3.51. The van der Waals surface area contributed by atoms with Crippen LogP contribution in [0.25, 0.3) is 6.08 Å². The van der Waals surface area contributed by atoms with Gasteiger partial charge in [-0.05, 0) is 79.6 Å². The van der Waals surface area contributed by atoms with Crippen LogP contribution in [0.15, 0.2) is 76.6 Å². The highest BCUT2D eigenvalue weighted by molar-refractivity contribution is 8.19. The van der Waals surface area contributed by atoms with Gasteiger partial charge in [-0.3, -0.25) is 9.69 Å². The number of nitrogens with zero attached hydrogens (tertiary/aromatic N) is 2. The number of anilines is 1. The van der Waals surface area contributed by atoms with E-state index in [0.717, 1.165) is 28.1 Å². The van der Waals surface area contributed by atoms with E-state index >= 15 is 0 Å². The monoisotopic (exact) mass is 444 g/mol. The van der Waals surface area contributed by atoms with E-state index in [0.29, 0.717) is 22.4 Å². The van der Waals surface area contributed by atoms with E-state index in [2.05, 4.69) is 0 Å². The van der Waals surface area contributed by atoms with Crippen LogP contribution in [0.5, 0.6) is 11.5 Å². The van der Waals surface area contributed by atoms with E-state index in [1.165, 1.54) is 11.8 Å². The normalized spacial score (nSPS) is 16.2.